The van der Waals surface area contributed by atoms with Crippen molar-refractivity contribution in [2.24, 2.45) is 5.41 Å². The Bertz CT molecular complexity index is 2130. The molecule has 3 heterocycles. The van der Waals surface area contributed by atoms with E-state index in [9.17, 15) is 62.4 Å². The van der Waals surface area contributed by atoms with Crippen LogP contribution >= 0.6 is 34.6 Å². The smallest absolute Gasteiger partial charge is 0.386 e. The first-order chi connectivity index (χ1) is 27.5. The highest BCUT2D eigenvalue weighted by Crippen LogP contribution is 2.61. The summed E-state index contributed by atoms with van der Waals surface area (Å²) >= 11 is -2.05. The average molecular weight is 916 g/mol. The summed E-state index contributed by atoms with van der Waals surface area (Å²) in [5.41, 5.74) is 4.98. The Balaban J connectivity index is 1.22. The topological polar surface area (TPSA) is 384 Å². The van der Waals surface area contributed by atoms with Crippen molar-refractivity contribution in [3.05, 3.63) is 54.6 Å². The Morgan fingerprint density at radius 2 is 1.71 bits per heavy atom. The molecule has 1 saturated heterocycles. The maximum Gasteiger partial charge on any atom is 0.481 e. The lowest BCUT2D eigenvalue weighted by Gasteiger charge is -2.30. The van der Waals surface area contributed by atoms with E-state index in [2.05, 4.69) is 34.4 Å². The number of rotatable bonds is 21. The molecule has 1 fully saturated rings. The Labute approximate surface area is 337 Å². The van der Waals surface area contributed by atoms with Crippen LogP contribution in [0.25, 0.3) is 17.2 Å². The predicted octanol–water partition coefficient (Wildman–Crippen LogP) is 0.119. The van der Waals surface area contributed by atoms with Crippen LogP contribution in [0, 0.1) is 5.41 Å². The molecule has 4 rings (SSSR count). The molecular weight excluding hydrogens is 871 g/mol. The minimum atomic E-state index is -5.59. The van der Waals surface area contributed by atoms with E-state index in [0.29, 0.717) is 0 Å². The van der Waals surface area contributed by atoms with Crippen molar-refractivity contribution in [2.45, 2.75) is 50.9 Å². The number of phosphoric acid groups is 3. The summed E-state index contributed by atoms with van der Waals surface area (Å²) in [7, 11) is -16.4. The van der Waals surface area contributed by atoms with Crippen LogP contribution in [0.15, 0.2) is 49.1 Å². The number of phosphoric ester groups is 3. The fourth-order valence-electron chi connectivity index (χ4n) is 5.17. The third-order valence-corrected chi connectivity index (χ3v) is 12.6. The zero-order valence-corrected chi connectivity index (χ0v) is 34.7. The number of aliphatic hydroxyl groups excluding tert-OH is 2. The number of carbonyl (C=O) groups is 3. The van der Waals surface area contributed by atoms with Gasteiger partial charge < -0.3 is 55.4 Å². The van der Waals surface area contributed by atoms with Gasteiger partial charge in [0.2, 0.25) is 16.9 Å². The summed E-state index contributed by atoms with van der Waals surface area (Å²) in [6, 6.07) is 8.96. The number of thiol groups is 1. The van der Waals surface area contributed by atoms with E-state index in [1.807, 2.05) is 6.07 Å². The number of nitrogens with one attached hydrogen (secondary N) is 2. The second-order valence-corrected chi connectivity index (χ2v) is 19.2. The molecule has 0 aliphatic carbocycles. The summed E-state index contributed by atoms with van der Waals surface area (Å²) in [5, 5.41) is 25.8. The first kappa shape index (κ1) is 48.1. The number of hydrogen-bond acceptors (Lipinski definition) is 18. The van der Waals surface area contributed by atoms with Gasteiger partial charge >= 0.3 is 23.5 Å². The van der Waals surface area contributed by atoms with E-state index in [4.69, 9.17) is 19.5 Å². The maximum atomic E-state index is 12.7. The van der Waals surface area contributed by atoms with Crippen LogP contribution in [0.3, 0.4) is 0 Å². The number of amides is 2. The molecule has 25 nitrogen and oxygen atoms in total. The van der Waals surface area contributed by atoms with Crippen LogP contribution in [-0.4, -0.2) is 127 Å². The molecule has 2 aromatic heterocycles. The molecule has 1 aromatic carbocycles. The van der Waals surface area contributed by atoms with Gasteiger partial charge in [0.1, 0.15) is 36.3 Å². The number of fused-ring (bicyclic) bond motifs is 1. The molecule has 2 amide bonds. The fourth-order valence-corrected chi connectivity index (χ4v) is 8.79. The zero-order valence-electron chi connectivity index (χ0n) is 31.1. The first-order valence-corrected chi connectivity index (χ1v) is 23.1. The van der Waals surface area contributed by atoms with E-state index in [0.717, 1.165) is 22.8 Å². The lowest BCUT2D eigenvalue weighted by molar-refractivity contribution is -0.137. The van der Waals surface area contributed by atoms with Crippen molar-refractivity contribution in [1.29, 1.82) is 0 Å². The highest BCUT2D eigenvalue weighted by atomic mass is 32.2. The molecule has 59 heavy (non-hydrogen) atoms. The molecule has 1 aliphatic heterocycles. The molecule has 3 aromatic rings. The maximum absolute atomic E-state index is 12.7. The quantitative estimate of drug-likeness (QED) is 0.0384. The number of anilines is 1. The van der Waals surface area contributed by atoms with Crippen LogP contribution in [0.2, 0.25) is 0 Å². The van der Waals surface area contributed by atoms with Crippen LogP contribution < -0.4 is 16.4 Å². The summed E-state index contributed by atoms with van der Waals surface area (Å²) < 4.78 is 72.2. The summed E-state index contributed by atoms with van der Waals surface area (Å²) in [6.07, 6.45) is -4.29. The van der Waals surface area contributed by atoms with Gasteiger partial charge in [0.05, 0.1) is 19.5 Å². The monoisotopic (exact) mass is 915 g/mol. The van der Waals surface area contributed by atoms with Crippen molar-refractivity contribution in [1.82, 2.24) is 30.2 Å². The van der Waals surface area contributed by atoms with E-state index in [1.165, 1.54) is 19.9 Å². The molecule has 328 valence electrons. The van der Waals surface area contributed by atoms with Crippen LogP contribution in [0.5, 0.6) is 0 Å². The van der Waals surface area contributed by atoms with Crippen molar-refractivity contribution in [2.75, 3.05) is 37.8 Å². The largest absolute Gasteiger partial charge is 0.481 e. The number of hydrogen-bond donors (Lipinski definition) is 11. The molecule has 0 spiro atoms. The molecule has 29 heteroatoms. The van der Waals surface area contributed by atoms with E-state index < -0.39 is 101 Å². The molecule has 1 aliphatic rings. The second kappa shape index (κ2) is 20.4. The van der Waals surface area contributed by atoms with Gasteiger partial charge in [-0.1, -0.05) is 61.4 Å². The minimum Gasteiger partial charge on any atom is -0.386 e. The van der Waals surface area contributed by atoms with Crippen LogP contribution in [0.1, 0.15) is 32.1 Å². The number of carbonyl (C=O) groups excluding carboxylic acids is 3. The van der Waals surface area contributed by atoms with E-state index >= 15 is 0 Å². The minimum absolute atomic E-state index is 0.0132. The van der Waals surface area contributed by atoms with Gasteiger partial charge in [-0.15, -0.1) is 0 Å². The van der Waals surface area contributed by atoms with Gasteiger partial charge in [0.15, 0.2) is 17.7 Å². The van der Waals surface area contributed by atoms with Crippen molar-refractivity contribution < 1.29 is 85.0 Å². The Hall–Kier alpha value is -3.52. The number of nitrogens with two attached hydrogens (primary N) is 1. The van der Waals surface area contributed by atoms with Crippen LogP contribution in [-0.2, 0) is 50.7 Å². The van der Waals surface area contributed by atoms with Gasteiger partial charge in [-0.3, -0.25) is 32.5 Å². The standard InChI is InChI=1S/C30H44N7O18P3S/c1-30(2,25(41)28(42)33-11-10-20(38)32-12-13-59(50)21(39)9-8-18-6-4-3-5-7-18)15-52-58(48,49)55-57(46,47)51-14-19-24(54-56(43,44)45)23(40)29(53-19)37-17-36-22-26(31)34-16-35-27(22)37/h3-9,16-17,19,23-25,29,40-41,50,59H,10-15H2,1-2H3,(H,32,38)(H,33,42)(H,46,47)(H,48,49)(H2,31,34,35)(H2,43,44,45)/b9-8+/t19-,23-,24-,25?,29-/m1/s1. The molecule has 8 atom stereocenters. The van der Waals surface area contributed by atoms with Gasteiger partial charge in [-0.25, -0.2) is 28.6 Å². The molecule has 4 unspecified atom stereocenters. The molecule has 0 bridgehead atoms. The number of nitrogen functional groups attached to an aromatic ring is 1. The number of nitrogens with zero attached hydrogens (tertiary/aromatic N) is 4. The lowest BCUT2D eigenvalue weighted by atomic mass is 9.87. The highest BCUT2D eigenvalue weighted by Gasteiger charge is 2.50. The van der Waals surface area contributed by atoms with Crippen LogP contribution in [0.4, 0.5) is 5.82 Å². The average Bonchev–Trinajstić information content (AvgIpc) is 3.72. The number of aliphatic hydroxyl groups is 2. The number of aromatic nitrogens is 4. The molecule has 0 saturated carbocycles. The first-order valence-electron chi connectivity index (χ1n) is 17.1. The SMILES string of the molecule is CC(C)(COP(=O)(O)OP(=O)(O)OC[C@H]1O[C@@H](n2cnc3c(N)ncnc32)[C@H](O)[C@@H]1OP(=O)(O)O)C(O)C(=O)NCCC(=O)NCC[SH](O)C(=O)/C=C/c1ccccc1. The highest BCUT2D eigenvalue weighted by molar-refractivity contribution is 8.25. The Morgan fingerprint density at radius 1 is 1.03 bits per heavy atom. The summed E-state index contributed by atoms with van der Waals surface area (Å²) in [4.78, 5) is 87.9. The lowest BCUT2D eigenvalue weighted by Crippen LogP contribution is -2.46. The Kier molecular flexibility index (Phi) is 16.6. The van der Waals surface area contributed by atoms with E-state index in [-0.39, 0.29) is 42.2 Å². The van der Waals surface area contributed by atoms with Gasteiger partial charge in [-0.05, 0) is 11.6 Å². The number of ether oxygens (including phenoxy) is 1. The van der Waals surface area contributed by atoms with E-state index in [1.54, 1.807) is 30.3 Å². The molecule has 11 N–H and O–H groups in total. The summed E-state index contributed by atoms with van der Waals surface area (Å²) in [5.74, 6) is -1.62. The third-order valence-electron chi connectivity index (χ3n) is 8.20. The summed E-state index contributed by atoms with van der Waals surface area (Å²) in [6.45, 7) is 0.112. The normalized spacial score (nSPS) is 22.1. The predicted molar refractivity (Wildman–Crippen MR) is 207 cm³/mol. The third kappa shape index (κ3) is 14.3. The Morgan fingerprint density at radius 3 is 2.39 bits per heavy atom. The van der Waals surface area contributed by atoms with Gasteiger partial charge in [0, 0.05) is 30.7 Å². The van der Waals surface area contributed by atoms with Crippen molar-refractivity contribution in [3.8, 4) is 0 Å². The number of imidazole rings is 1. The molecule has 0 radical (unpaired) electrons. The van der Waals surface area contributed by atoms with Gasteiger partial charge in [-0.2, -0.15) is 4.31 Å². The van der Waals surface area contributed by atoms with Crippen molar-refractivity contribution in [3.63, 3.8) is 0 Å². The van der Waals surface area contributed by atoms with Crippen molar-refractivity contribution >= 4 is 74.6 Å². The molecular formula is C30H44N7O18P3S. The van der Waals surface area contributed by atoms with Gasteiger partial charge in [0.25, 0.3) is 0 Å². The zero-order chi connectivity index (χ0) is 43.8. The number of benzene rings is 1. The fraction of sp³-hybridized carbons (Fsp3) is 0.467. The second-order valence-electron chi connectivity index (χ2n) is 13.3.